The lowest BCUT2D eigenvalue weighted by Gasteiger charge is -2.34. The second kappa shape index (κ2) is 9.63. The van der Waals surface area contributed by atoms with Crippen molar-refractivity contribution in [1.29, 1.82) is 0 Å². The average molecular weight is 461 g/mol. The Hall–Kier alpha value is -3.38. The first-order chi connectivity index (χ1) is 15.7. The van der Waals surface area contributed by atoms with Crippen molar-refractivity contribution in [3.63, 3.8) is 0 Å². The first-order valence-corrected chi connectivity index (χ1v) is 11.6. The third-order valence-corrected chi connectivity index (χ3v) is 6.92. The summed E-state index contributed by atoms with van der Waals surface area (Å²) in [5, 5.41) is 5.48. The van der Waals surface area contributed by atoms with E-state index in [4.69, 9.17) is 4.74 Å². The van der Waals surface area contributed by atoms with Crippen LogP contribution in [-0.4, -0.2) is 18.8 Å². The normalized spacial score (nSPS) is 17.3. The Labute approximate surface area is 198 Å². The summed E-state index contributed by atoms with van der Waals surface area (Å²) in [4.78, 5) is 30.0. The van der Waals surface area contributed by atoms with Crippen molar-refractivity contribution in [2.45, 2.75) is 39.2 Å². The molecule has 2 aromatic carbocycles. The van der Waals surface area contributed by atoms with Gasteiger partial charge in [-0.25, -0.2) is 0 Å². The van der Waals surface area contributed by atoms with E-state index < -0.39 is 6.04 Å². The van der Waals surface area contributed by atoms with Crippen LogP contribution in [-0.2, 0) is 16.0 Å². The number of allylic oxidation sites excluding steroid dienone is 1. The maximum Gasteiger partial charge on any atom is 0.233 e. The molecule has 2 heterocycles. The number of nitrogens with zero attached hydrogens (tertiary/aromatic N) is 1. The molecule has 2 aliphatic rings. The van der Waals surface area contributed by atoms with Crippen LogP contribution in [0.25, 0.3) is 0 Å². The van der Waals surface area contributed by atoms with Gasteiger partial charge < -0.3 is 10.1 Å². The summed E-state index contributed by atoms with van der Waals surface area (Å²) in [7, 11) is 1.62. The molecular weight excluding hydrogens is 432 g/mol. The molecule has 1 amide bonds. The molecule has 1 aliphatic carbocycles. The predicted molar refractivity (Wildman–Crippen MR) is 134 cm³/mol. The summed E-state index contributed by atoms with van der Waals surface area (Å²) >= 11 is 1.56. The first-order valence-electron chi connectivity index (χ1n) is 10.8. The topological polar surface area (TPSA) is 58.6 Å². The number of methoxy groups -OCH3 is 1. The highest BCUT2D eigenvalue weighted by Crippen LogP contribution is 2.46. The number of nitrogens with one attached hydrogen (secondary N) is 1. The number of anilines is 2. The maximum atomic E-state index is 13.9. The van der Waals surface area contributed by atoms with E-state index in [1.54, 1.807) is 23.3 Å². The van der Waals surface area contributed by atoms with E-state index in [-0.39, 0.29) is 25.5 Å². The molecule has 0 saturated carbocycles. The van der Waals surface area contributed by atoms with Gasteiger partial charge in [-0.1, -0.05) is 43.8 Å². The van der Waals surface area contributed by atoms with Gasteiger partial charge in [-0.05, 0) is 42.5 Å². The summed E-state index contributed by atoms with van der Waals surface area (Å²) in [6.45, 7) is 0. The number of thiophene rings is 1. The van der Waals surface area contributed by atoms with Crippen molar-refractivity contribution >= 4 is 34.4 Å². The fraction of sp³-hybridized carbons (Fsp3) is 0.259. The second-order valence-corrected chi connectivity index (χ2v) is 9.01. The SMILES string of the molecule is C.COc1ccccc1C1C2=C(CCCC2=O)Nc2ccccc2N1C(=O)Cc1cccs1. The fourth-order valence-electron chi connectivity index (χ4n) is 4.64. The van der Waals surface area contributed by atoms with Crippen LogP contribution in [0.15, 0.2) is 77.3 Å². The number of benzene rings is 2. The molecule has 33 heavy (non-hydrogen) atoms. The molecule has 1 atom stereocenters. The van der Waals surface area contributed by atoms with E-state index in [1.807, 2.05) is 66.0 Å². The predicted octanol–water partition coefficient (Wildman–Crippen LogP) is 6.14. The molecule has 0 radical (unpaired) electrons. The minimum Gasteiger partial charge on any atom is -0.496 e. The summed E-state index contributed by atoms with van der Waals surface area (Å²) in [6, 6.07) is 18.8. The molecule has 5 rings (SSSR count). The molecule has 5 nitrogen and oxygen atoms in total. The van der Waals surface area contributed by atoms with Gasteiger partial charge in [-0.15, -0.1) is 11.3 Å². The zero-order chi connectivity index (χ0) is 22.1. The third-order valence-electron chi connectivity index (χ3n) is 6.04. The molecule has 1 aliphatic heterocycles. The minimum atomic E-state index is -0.558. The molecular formula is C27H28N2O3S. The first kappa shape index (κ1) is 22.8. The van der Waals surface area contributed by atoms with Crippen LogP contribution in [0.4, 0.5) is 11.4 Å². The third kappa shape index (κ3) is 4.18. The molecule has 1 N–H and O–H groups in total. The summed E-state index contributed by atoms with van der Waals surface area (Å²) in [5.74, 6) is 0.692. The lowest BCUT2D eigenvalue weighted by Crippen LogP contribution is -2.39. The van der Waals surface area contributed by atoms with Gasteiger partial charge in [-0.3, -0.25) is 14.5 Å². The van der Waals surface area contributed by atoms with Crippen LogP contribution in [0.2, 0.25) is 0 Å². The quantitative estimate of drug-likeness (QED) is 0.508. The van der Waals surface area contributed by atoms with E-state index in [1.165, 1.54) is 0 Å². The van der Waals surface area contributed by atoms with Crippen LogP contribution in [0.1, 0.15) is 43.2 Å². The van der Waals surface area contributed by atoms with Gasteiger partial charge in [-0.2, -0.15) is 0 Å². The lowest BCUT2D eigenvalue weighted by molar-refractivity contribution is -0.118. The molecule has 0 fully saturated rings. The fourth-order valence-corrected chi connectivity index (χ4v) is 5.34. The zero-order valence-corrected chi connectivity index (χ0v) is 18.7. The molecule has 1 unspecified atom stereocenters. The molecule has 1 aromatic heterocycles. The number of hydrogen-bond acceptors (Lipinski definition) is 5. The molecule has 170 valence electrons. The number of Topliss-reactive ketones (excluding diaryl/α,β-unsaturated/α-hetero) is 1. The van der Waals surface area contributed by atoms with Gasteiger partial charge in [0.25, 0.3) is 0 Å². The van der Waals surface area contributed by atoms with E-state index in [0.717, 1.165) is 40.4 Å². The van der Waals surface area contributed by atoms with Crippen molar-refractivity contribution in [3.8, 4) is 5.75 Å². The number of carbonyl (C=O) groups excluding carboxylic acids is 2. The minimum absolute atomic E-state index is 0. The van der Waals surface area contributed by atoms with Crippen LogP contribution in [0, 0.1) is 0 Å². The van der Waals surface area contributed by atoms with E-state index in [2.05, 4.69) is 5.32 Å². The average Bonchev–Trinajstić information content (AvgIpc) is 3.26. The number of ketones is 1. The Bertz CT molecular complexity index is 1200. The summed E-state index contributed by atoms with van der Waals surface area (Å²) < 4.78 is 5.69. The summed E-state index contributed by atoms with van der Waals surface area (Å²) in [6.07, 6.45) is 2.33. The molecule has 3 aromatic rings. The van der Waals surface area contributed by atoms with Gasteiger partial charge in [0.15, 0.2) is 5.78 Å². The number of amides is 1. The van der Waals surface area contributed by atoms with Crippen molar-refractivity contribution in [2.24, 2.45) is 0 Å². The summed E-state index contributed by atoms with van der Waals surface area (Å²) in [5.41, 5.74) is 3.99. The highest BCUT2D eigenvalue weighted by molar-refractivity contribution is 7.10. The zero-order valence-electron chi connectivity index (χ0n) is 17.8. The monoisotopic (exact) mass is 460 g/mol. The van der Waals surface area contributed by atoms with Crippen LogP contribution in [0.5, 0.6) is 5.75 Å². The maximum absolute atomic E-state index is 13.9. The number of para-hydroxylation sites is 3. The van der Waals surface area contributed by atoms with Crippen LogP contribution in [0.3, 0.4) is 0 Å². The standard InChI is InChI=1S/C26H24N2O3S.CH4/c1-31-23-14-5-2-9-18(23)26-25-20(11-6-13-22(25)29)27-19-10-3-4-12-21(19)28(26)24(30)16-17-8-7-15-32-17;/h2-5,7-10,12,14-15,26-27H,6,11,13,16H2,1H3;1H4. The van der Waals surface area contributed by atoms with Crippen molar-refractivity contribution in [2.75, 3.05) is 17.3 Å². The van der Waals surface area contributed by atoms with Gasteiger partial charge in [0.2, 0.25) is 5.91 Å². The molecule has 0 spiro atoms. The van der Waals surface area contributed by atoms with Gasteiger partial charge in [0.1, 0.15) is 5.75 Å². The number of rotatable bonds is 4. The Morgan fingerprint density at radius 3 is 2.67 bits per heavy atom. The lowest BCUT2D eigenvalue weighted by atomic mass is 9.85. The van der Waals surface area contributed by atoms with Gasteiger partial charge in [0.05, 0.1) is 30.9 Å². The van der Waals surface area contributed by atoms with Crippen LogP contribution >= 0.6 is 11.3 Å². The Morgan fingerprint density at radius 1 is 1.09 bits per heavy atom. The number of ether oxygens (including phenoxy) is 1. The van der Waals surface area contributed by atoms with Gasteiger partial charge >= 0.3 is 0 Å². The molecule has 0 bridgehead atoms. The van der Waals surface area contributed by atoms with Crippen molar-refractivity contribution < 1.29 is 14.3 Å². The van der Waals surface area contributed by atoms with Crippen molar-refractivity contribution in [3.05, 3.63) is 87.8 Å². The van der Waals surface area contributed by atoms with Gasteiger partial charge in [0, 0.05) is 28.1 Å². The Balaban J connectivity index is 0.00000259. The van der Waals surface area contributed by atoms with Crippen LogP contribution < -0.4 is 15.0 Å². The molecule has 6 heteroatoms. The largest absolute Gasteiger partial charge is 0.496 e. The Kier molecular flexibility index (Phi) is 6.65. The highest BCUT2D eigenvalue weighted by Gasteiger charge is 2.40. The van der Waals surface area contributed by atoms with E-state index >= 15 is 0 Å². The number of carbonyl (C=O) groups is 2. The number of fused-ring (bicyclic) bond motifs is 1. The Morgan fingerprint density at radius 2 is 1.88 bits per heavy atom. The van der Waals surface area contributed by atoms with E-state index in [0.29, 0.717) is 17.7 Å². The molecule has 0 saturated heterocycles. The highest BCUT2D eigenvalue weighted by atomic mass is 32.1. The number of hydrogen-bond donors (Lipinski definition) is 1. The van der Waals surface area contributed by atoms with E-state index in [9.17, 15) is 9.59 Å². The smallest absolute Gasteiger partial charge is 0.233 e. The second-order valence-electron chi connectivity index (χ2n) is 7.98. The van der Waals surface area contributed by atoms with Crippen molar-refractivity contribution in [1.82, 2.24) is 0 Å².